The quantitative estimate of drug-likeness (QED) is 0.522. The van der Waals surface area contributed by atoms with E-state index in [1.165, 1.54) is 18.3 Å². The molecule has 0 bridgehead atoms. The van der Waals surface area contributed by atoms with E-state index in [1.807, 2.05) is 0 Å². The van der Waals surface area contributed by atoms with E-state index in [2.05, 4.69) is 20.0 Å². The van der Waals surface area contributed by atoms with Crippen LogP contribution in [0, 0.1) is 15.9 Å². The zero-order chi connectivity index (χ0) is 15.4. The van der Waals surface area contributed by atoms with Crippen LogP contribution in [0.3, 0.4) is 0 Å². The summed E-state index contributed by atoms with van der Waals surface area (Å²) in [4.78, 5) is 28.8. The summed E-state index contributed by atoms with van der Waals surface area (Å²) in [5, 5.41) is 13.4. The highest BCUT2D eigenvalue weighted by molar-refractivity contribution is 5.87. The van der Waals surface area contributed by atoms with E-state index in [0.29, 0.717) is 0 Å². The second kappa shape index (κ2) is 5.90. The maximum absolute atomic E-state index is 13.7. The molecule has 0 unspecified atom stereocenters. The molecule has 2 aromatic rings. The SMILES string of the molecule is COC(=O)c1ncc(Nc2ncccc2[N+](=O)[O-])cc1F. The van der Waals surface area contributed by atoms with Crippen molar-refractivity contribution in [1.82, 2.24) is 9.97 Å². The Bertz CT molecular complexity index is 707. The van der Waals surface area contributed by atoms with Crippen LogP contribution in [-0.2, 0) is 4.74 Å². The third-order valence-electron chi connectivity index (χ3n) is 2.47. The topological polar surface area (TPSA) is 107 Å². The Balaban J connectivity index is 2.31. The van der Waals surface area contributed by atoms with Crippen LogP contribution in [0.5, 0.6) is 0 Å². The molecule has 21 heavy (non-hydrogen) atoms. The monoisotopic (exact) mass is 292 g/mol. The summed E-state index contributed by atoms with van der Waals surface area (Å²) in [6.07, 6.45) is 2.50. The number of anilines is 2. The molecule has 0 aliphatic heterocycles. The Kier molecular flexibility index (Phi) is 4.02. The number of methoxy groups -OCH3 is 1. The first kappa shape index (κ1) is 14.3. The van der Waals surface area contributed by atoms with Crippen molar-refractivity contribution in [2.75, 3.05) is 12.4 Å². The van der Waals surface area contributed by atoms with Gasteiger partial charge in [0.25, 0.3) is 0 Å². The molecule has 0 saturated heterocycles. The van der Waals surface area contributed by atoms with Gasteiger partial charge in [0, 0.05) is 18.3 Å². The van der Waals surface area contributed by atoms with Gasteiger partial charge in [0.2, 0.25) is 5.82 Å². The van der Waals surface area contributed by atoms with Gasteiger partial charge >= 0.3 is 11.7 Å². The van der Waals surface area contributed by atoms with E-state index >= 15 is 0 Å². The van der Waals surface area contributed by atoms with Crippen molar-refractivity contribution in [1.29, 1.82) is 0 Å². The molecule has 0 amide bonds. The minimum absolute atomic E-state index is 0.0606. The van der Waals surface area contributed by atoms with Gasteiger partial charge in [0.15, 0.2) is 11.5 Å². The normalized spacial score (nSPS) is 10.0. The second-order valence-electron chi connectivity index (χ2n) is 3.80. The lowest BCUT2D eigenvalue weighted by atomic mass is 10.3. The molecule has 2 aromatic heterocycles. The fourth-order valence-corrected chi connectivity index (χ4v) is 1.53. The van der Waals surface area contributed by atoms with Gasteiger partial charge in [-0.3, -0.25) is 10.1 Å². The largest absolute Gasteiger partial charge is 0.464 e. The molecule has 0 aromatic carbocycles. The van der Waals surface area contributed by atoms with E-state index in [9.17, 15) is 19.3 Å². The summed E-state index contributed by atoms with van der Waals surface area (Å²) in [6, 6.07) is 3.63. The highest BCUT2D eigenvalue weighted by atomic mass is 19.1. The van der Waals surface area contributed by atoms with Crippen molar-refractivity contribution in [3.63, 3.8) is 0 Å². The van der Waals surface area contributed by atoms with Gasteiger partial charge in [-0.05, 0) is 6.07 Å². The summed E-state index contributed by atoms with van der Waals surface area (Å²) < 4.78 is 18.1. The highest BCUT2D eigenvalue weighted by Gasteiger charge is 2.17. The highest BCUT2D eigenvalue weighted by Crippen LogP contribution is 2.24. The third kappa shape index (κ3) is 3.08. The lowest BCUT2D eigenvalue weighted by Crippen LogP contribution is -2.08. The van der Waals surface area contributed by atoms with Crippen molar-refractivity contribution >= 4 is 23.2 Å². The number of hydrogen-bond acceptors (Lipinski definition) is 7. The van der Waals surface area contributed by atoms with Gasteiger partial charge in [0.1, 0.15) is 0 Å². The first-order valence-corrected chi connectivity index (χ1v) is 5.63. The fourth-order valence-electron chi connectivity index (χ4n) is 1.53. The molecule has 0 atom stereocenters. The van der Waals surface area contributed by atoms with Crippen molar-refractivity contribution in [2.45, 2.75) is 0 Å². The lowest BCUT2D eigenvalue weighted by Gasteiger charge is -2.07. The minimum Gasteiger partial charge on any atom is -0.464 e. The predicted molar refractivity (Wildman–Crippen MR) is 69.7 cm³/mol. The molecule has 2 rings (SSSR count). The number of carbonyl (C=O) groups is 1. The Labute approximate surface area is 117 Å². The number of rotatable bonds is 4. The van der Waals surface area contributed by atoms with Crippen LogP contribution >= 0.6 is 0 Å². The molecule has 0 aliphatic carbocycles. The Morgan fingerprint density at radius 3 is 2.86 bits per heavy atom. The number of carbonyl (C=O) groups excluding carboxylic acids is 1. The molecule has 0 fully saturated rings. The Morgan fingerprint density at radius 2 is 2.24 bits per heavy atom. The Morgan fingerprint density at radius 1 is 1.48 bits per heavy atom. The summed E-state index contributed by atoms with van der Waals surface area (Å²) >= 11 is 0. The first-order chi connectivity index (χ1) is 10.0. The van der Waals surface area contributed by atoms with Gasteiger partial charge < -0.3 is 10.1 Å². The molecule has 2 heterocycles. The number of ether oxygens (including phenoxy) is 1. The average molecular weight is 292 g/mol. The maximum Gasteiger partial charge on any atom is 0.359 e. The minimum atomic E-state index is -0.914. The second-order valence-corrected chi connectivity index (χ2v) is 3.80. The van der Waals surface area contributed by atoms with Gasteiger partial charge in [-0.25, -0.2) is 19.2 Å². The van der Waals surface area contributed by atoms with Gasteiger partial charge in [-0.15, -0.1) is 0 Å². The molecule has 0 spiro atoms. The molecule has 0 aliphatic rings. The third-order valence-corrected chi connectivity index (χ3v) is 2.47. The zero-order valence-corrected chi connectivity index (χ0v) is 10.7. The summed E-state index contributed by atoms with van der Waals surface area (Å²) in [6.45, 7) is 0. The van der Waals surface area contributed by atoms with Crippen LogP contribution in [0.25, 0.3) is 0 Å². The standard InChI is InChI=1S/C12H9FN4O4/c1-21-12(18)10-8(13)5-7(6-15-10)16-11-9(17(19)20)3-2-4-14-11/h2-6H,1H3,(H,14,16). The van der Waals surface area contributed by atoms with Gasteiger partial charge in [-0.1, -0.05) is 0 Å². The smallest absolute Gasteiger partial charge is 0.359 e. The number of nitrogens with one attached hydrogen (secondary N) is 1. The summed E-state index contributed by atoms with van der Waals surface area (Å²) in [5.74, 6) is -1.89. The summed E-state index contributed by atoms with van der Waals surface area (Å²) in [5.41, 5.74) is -0.629. The van der Waals surface area contributed by atoms with E-state index in [1.54, 1.807) is 0 Å². The molecular formula is C12H9FN4O4. The molecule has 108 valence electrons. The van der Waals surface area contributed by atoms with E-state index in [-0.39, 0.29) is 17.2 Å². The van der Waals surface area contributed by atoms with Crippen LogP contribution in [0.1, 0.15) is 10.5 Å². The number of nitro groups is 1. The van der Waals surface area contributed by atoms with Crippen LogP contribution in [0.15, 0.2) is 30.6 Å². The lowest BCUT2D eigenvalue weighted by molar-refractivity contribution is -0.384. The maximum atomic E-state index is 13.7. The number of hydrogen-bond donors (Lipinski definition) is 1. The van der Waals surface area contributed by atoms with Crippen LogP contribution < -0.4 is 5.32 Å². The zero-order valence-electron chi connectivity index (χ0n) is 10.7. The van der Waals surface area contributed by atoms with E-state index in [4.69, 9.17) is 0 Å². The first-order valence-electron chi connectivity index (χ1n) is 5.63. The number of aromatic nitrogens is 2. The predicted octanol–water partition coefficient (Wildman–Crippen LogP) is 2.05. The van der Waals surface area contributed by atoms with Crippen molar-refractivity contribution in [3.05, 3.63) is 52.2 Å². The van der Waals surface area contributed by atoms with Crippen molar-refractivity contribution in [3.8, 4) is 0 Å². The number of esters is 1. The molecular weight excluding hydrogens is 283 g/mol. The van der Waals surface area contributed by atoms with Crippen molar-refractivity contribution in [2.24, 2.45) is 0 Å². The van der Waals surface area contributed by atoms with E-state index < -0.39 is 22.4 Å². The molecule has 0 saturated carbocycles. The molecule has 8 nitrogen and oxygen atoms in total. The molecule has 0 radical (unpaired) electrons. The van der Waals surface area contributed by atoms with Crippen LogP contribution in [0.4, 0.5) is 21.6 Å². The molecule has 1 N–H and O–H groups in total. The van der Waals surface area contributed by atoms with Crippen molar-refractivity contribution < 1.29 is 18.8 Å². The number of halogens is 1. The van der Waals surface area contributed by atoms with Gasteiger partial charge in [-0.2, -0.15) is 0 Å². The fraction of sp³-hybridized carbons (Fsp3) is 0.0833. The van der Waals surface area contributed by atoms with Gasteiger partial charge in [0.05, 0.1) is 23.9 Å². The Hall–Kier alpha value is -3.10. The number of nitrogens with zero attached hydrogens (tertiary/aromatic N) is 3. The van der Waals surface area contributed by atoms with Crippen LogP contribution in [-0.4, -0.2) is 28.0 Å². The van der Waals surface area contributed by atoms with Crippen LogP contribution in [0.2, 0.25) is 0 Å². The molecule has 9 heteroatoms. The summed E-state index contributed by atoms with van der Waals surface area (Å²) in [7, 11) is 1.10. The number of pyridine rings is 2. The average Bonchev–Trinajstić information content (AvgIpc) is 2.47. The van der Waals surface area contributed by atoms with E-state index in [0.717, 1.165) is 19.4 Å².